The first kappa shape index (κ1) is 14.3. The lowest BCUT2D eigenvalue weighted by molar-refractivity contribution is 0.282. The molecule has 0 saturated carbocycles. The molecule has 112 valence electrons. The zero-order valence-corrected chi connectivity index (χ0v) is 11.9. The van der Waals surface area contributed by atoms with Crippen LogP contribution in [0.2, 0.25) is 0 Å². The first-order chi connectivity index (χ1) is 10.8. The molecule has 0 aliphatic heterocycles. The predicted octanol–water partition coefficient (Wildman–Crippen LogP) is 3.32. The molecule has 3 rings (SSSR count). The van der Waals surface area contributed by atoms with E-state index in [1.807, 2.05) is 24.3 Å². The Morgan fingerprint density at radius 3 is 2.82 bits per heavy atom. The van der Waals surface area contributed by atoms with Gasteiger partial charge in [-0.2, -0.15) is 5.10 Å². The minimum Gasteiger partial charge on any atom is -0.392 e. The number of aliphatic hydroxyl groups excluding tert-OH is 1. The number of anilines is 1. The quantitative estimate of drug-likeness (QED) is 0.677. The molecule has 0 bridgehead atoms. The van der Waals surface area contributed by atoms with Gasteiger partial charge >= 0.3 is 0 Å². The van der Waals surface area contributed by atoms with Gasteiger partial charge < -0.3 is 10.4 Å². The van der Waals surface area contributed by atoms with Gasteiger partial charge in [-0.25, -0.2) is 4.39 Å². The van der Waals surface area contributed by atoms with Crippen LogP contribution in [0.4, 0.5) is 10.1 Å². The molecule has 1 aromatic heterocycles. The normalized spacial score (nSPS) is 10.6. The molecule has 0 saturated heterocycles. The number of hydrogen-bond donors (Lipinski definition) is 3. The van der Waals surface area contributed by atoms with Crippen LogP contribution in [0.1, 0.15) is 11.1 Å². The Morgan fingerprint density at radius 1 is 1.14 bits per heavy atom. The molecule has 0 unspecified atom stereocenters. The smallest absolute Gasteiger partial charge is 0.132 e. The second-order valence-electron chi connectivity index (χ2n) is 4.96. The van der Waals surface area contributed by atoms with Crippen molar-refractivity contribution in [3.05, 3.63) is 71.7 Å². The van der Waals surface area contributed by atoms with E-state index >= 15 is 0 Å². The molecule has 0 aliphatic carbocycles. The van der Waals surface area contributed by atoms with Gasteiger partial charge in [0.25, 0.3) is 0 Å². The maximum Gasteiger partial charge on any atom is 0.132 e. The number of benzene rings is 2. The maximum atomic E-state index is 13.9. The average Bonchev–Trinajstić information content (AvgIpc) is 3.02. The standard InChI is InChI=1S/C17H16FN3O/c18-16-7-2-1-6-15(16)17-13(10-20-21-17)9-19-14-5-3-4-12(8-14)11-22/h1-8,10,19,22H,9,11H2,(H,20,21). The molecular weight excluding hydrogens is 281 g/mol. The minimum absolute atomic E-state index is 0.00169. The molecule has 22 heavy (non-hydrogen) atoms. The monoisotopic (exact) mass is 297 g/mol. The largest absolute Gasteiger partial charge is 0.392 e. The van der Waals surface area contributed by atoms with E-state index in [2.05, 4.69) is 15.5 Å². The number of H-pyrrole nitrogens is 1. The highest BCUT2D eigenvalue weighted by Gasteiger charge is 2.11. The third-order valence-corrected chi connectivity index (χ3v) is 3.45. The van der Waals surface area contributed by atoms with Crippen LogP contribution in [0, 0.1) is 5.82 Å². The van der Waals surface area contributed by atoms with Crippen LogP contribution in [-0.2, 0) is 13.2 Å². The van der Waals surface area contributed by atoms with E-state index in [4.69, 9.17) is 5.11 Å². The third kappa shape index (κ3) is 2.99. The number of nitrogens with zero attached hydrogens (tertiary/aromatic N) is 1. The van der Waals surface area contributed by atoms with Gasteiger partial charge in [-0.3, -0.25) is 5.10 Å². The third-order valence-electron chi connectivity index (χ3n) is 3.45. The Labute approximate surface area is 127 Å². The van der Waals surface area contributed by atoms with E-state index < -0.39 is 0 Å². The van der Waals surface area contributed by atoms with Crippen molar-refractivity contribution in [3.8, 4) is 11.3 Å². The van der Waals surface area contributed by atoms with Gasteiger partial charge in [-0.1, -0.05) is 24.3 Å². The second kappa shape index (κ2) is 6.41. The van der Waals surface area contributed by atoms with Crippen LogP contribution in [-0.4, -0.2) is 15.3 Å². The number of nitrogens with one attached hydrogen (secondary N) is 2. The van der Waals surface area contributed by atoms with Crippen LogP contribution >= 0.6 is 0 Å². The molecule has 0 atom stereocenters. The first-order valence-electron chi connectivity index (χ1n) is 6.99. The summed E-state index contributed by atoms with van der Waals surface area (Å²) >= 11 is 0. The van der Waals surface area contributed by atoms with Crippen molar-refractivity contribution in [2.75, 3.05) is 5.32 Å². The number of halogens is 1. The number of aromatic amines is 1. The van der Waals surface area contributed by atoms with Crippen LogP contribution in [0.5, 0.6) is 0 Å². The van der Waals surface area contributed by atoms with E-state index in [0.717, 1.165) is 16.8 Å². The van der Waals surface area contributed by atoms with Crippen molar-refractivity contribution >= 4 is 5.69 Å². The molecule has 0 aliphatic rings. The van der Waals surface area contributed by atoms with Gasteiger partial charge in [0.15, 0.2) is 0 Å². The highest BCUT2D eigenvalue weighted by Crippen LogP contribution is 2.24. The highest BCUT2D eigenvalue weighted by atomic mass is 19.1. The Bertz CT molecular complexity index is 770. The summed E-state index contributed by atoms with van der Waals surface area (Å²) in [6.07, 6.45) is 1.69. The average molecular weight is 297 g/mol. The molecule has 0 radical (unpaired) electrons. The fourth-order valence-electron chi connectivity index (χ4n) is 2.32. The molecule has 2 aromatic carbocycles. The zero-order chi connectivity index (χ0) is 15.4. The van der Waals surface area contributed by atoms with Gasteiger partial charge in [-0.05, 0) is 29.8 Å². The molecule has 0 amide bonds. The molecular formula is C17H16FN3O. The molecule has 0 fully saturated rings. The summed E-state index contributed by atoms with van der Waals surface area (Å²) in [5.41, 5.74) is 3.78. The SMILES string of the molecule is OCc1cccc(NCc2cn[nH]c2-c2ccccc2F)c1. The van der Waals surface area contributed by atoms with Crippen LogP contribution in [0.25, 0.3) is 11.3 Å². The van der Waals surface area contributed by atoms with Crippen molar-refractivity contribution < 1.29 is 9.50 Å². The number of aromatic nitrogens is 2. The van der Waals surface area contributed by atoms with Crippen molar-refractivity contribution in [3.63, 3.8) is 0 Å². The fourth-order valence-corrected chi connectivity index (χ4v) is 2.32. The van der Waals surface area contributed by atoms with Crippen LogP contribution in [0.15, 0.2) is 54.7 Å². The Kier molecular flexibility index (Phi) is 4.16. The van der Waals surface area contributed by atoms with E-state index in [-0.39, 0.29) is 12.4 Å². The fraction of sp³-hybridized carbons (Fsp3) is 0.118. The topological polar surface area (TPSA) is 60.9 Å². The molecule has 4 nitrogen and oxygen atoms in total. The number of rotatable bonds is 5. The lowest BCUT2D eigenvalue weighted by atomic mass is 10.1. The summed E-state index contributed by atoms with van der Waals surface area (Å²) in [7, 11) is 0. The lowest BCUT2D eigenvalue weighted by Gasteiger charge is -2.08. The molecule has 3 N–H and O–H groups in total. The maximum absolute atomic E-state index is 13.9. The number of hydrogen-bond acceptors (Lipinski definition) is 3. The Hall–Kier alpha value is -2.66. The lowest BCUT2D eigenvalue weighted by Crippen LogP contribution is -2.01. The van der Waals surface area contributed by atoms with Crippen molar-refractivity contribution in [2.45, 2.75) is 13.2 Å². The van der Waals surface area contributed by atoms with Crippen molar-refractivity contribution in [1.29, 1.82) is 0 Å². The van der Waals surface area contributed by atoms with E-state index in [1.54, 1.807) is 24.4 Å². The van der Waals surface area contributed by atoms with Gasteiger partial charge in [0.05, 0.1) is 18.5 Å². The molecule has 0 spiro atoms. The summed E-state index contributed by atoms with van der Waals surface area (Å²) in [6.45, 7) is 0.511. The van der Waals surface area contributed by atoms with Gasteiger partial charge in [0.1, 0.15) is 5.82 Å². The van der Waals surface area contributed by atoms with Gasteiger partial charge in [-0.15, -0.1) is 0 Å². The second-order valence-corrected chi connectivity index (χ2v) is 4.96. The number of aliphatic hydroxyl groups is 1. The van der Waals surface area contributed by atoms with E-state index in [1.165, 1.54) is 6.07 Å². The van der Waals surface area contributed by atoms with Crippen molar-refractivity contribution in [2.24, 2.45) is 0 Å². The molecule has 1 heterocycles. The summed E-state index contributed by atoms with van der Waals surface area (Å²) in [6, 6.07) is 14.1. The van der Waals surface area contributed by atoms with Gasteiger partial charge in [0.2, 0.25) is 0 Å². The van der Waals surface area contributed by atoms with Crippen LogP contribution < -0.4 is 5.32 Å². The summed E-state index contributed by atoms with van der Waals surface area (Å²) < 4.78 is 13.9. The summed E-state index contributed by atoms with van der Waals surface area (Å²) in [4.78, 5) is 0. The highest BCUT2D eigenvalue weighted by molar-refractivity contribution is 5.63. The minimum atomic E-state index is -0.282. The van der Waals surface area contributed by atoms with Crippen LogP contribution in [0.3, 0.4) is 0 Å². The first-order valence-corrected chi connectivity index (χ1v) is 6.99. The van der Waals surface area contributed by atoms with E-state index in [0.29, 0.717) is 17.8 Å². The summed E-state index contributed by atoms with van der Waals surface area (Å²) in [5.74, 6) is -0.282. The molecule has 5 heteroatoms. The predicted molar refractivity (Wildman–Crippen MR) is 83.7 cm³/mol. The Balaban J connectivity index is 1.80. The Morgan fingerprint density at radius 2 is 2.00 bits per heavy atom. The van der Waals surface area contributed by atoms with Gasteiger partial charge in [0, 0.05) is 23.4 Å². The van der Waals surface area contributed by atoms with Crippen molar-refractivity contribution in [1.82, 2.24) is 10.2 Å². The van der Waals surface area contributed by atoms with E-state index in [9.17, 15) is 4.39 Å². The molecule has 3 aromatic rings. The zero-order valence-electron chi connectivity index (χ0n) is 11.9. The summed E-state index contributed by atoms with van der Waals surface area (Å²) in [5, 5.41) is 19.3.